The first kappa shape index (κ1) is 19.9. The molecule has 6 nitrogen and oxygen atoms in total. The molecular formula is C22H18FN3O3S. The van der Waals surface area contributed by atoms with Crippen molar-refractivity contribution in [3.63, 3.8) is 0 Å². The third kappa shape index (κ3) is 4.13. The van der Waals surface area contributed by atoms with Crippen molar-refractivity contribution in [2.45, 2.75) is 6.42 Å². The number of fused-ring (bicyclic) bond motifs is 1. The maximum Gasteiger partial charge on any atom is 0.294 e. The summed E-state index contributed by atoms with van der Waals surface area (Å²) >= 11 is 0.698. The van der Waals surface area contributed by atoms with Crippen LogP contribution in [0, 0.1) is 5.82 Å². The molecule has 0 atom stereocenters. The van der Waals surface area contributed by atoms with E-state index in [2.05, 4.69) is 10.3 Å². The van der Waals surface area contributed by atoms with E-state index in [-0.39, 0.29) is 17.0 Å². The van der Waals surface area contributed by atoms with E-state index in [0.29, 0.717) is 24.7 Å². The maximum absolute atomic E-state index is 13.8. The van der Waals surface area contributed by atoms with Gasteiger partial charge in [-0.2, -0.15) is 0 Å². The van der Waals surface area contributed by atoms with Crippen LogP contribution in [0.15, 0.2) is 59.6 Å². The minimum Gasteiger partial charge on any atom is -0.361 e. The number of carbonyl (C=O) groups excluding carboxylic acids is 3. The molecule has 2 aromatic carbocycles. The molecule has 4 rings (SSSR count). The van der Waals surface area contributed by atoms with Gasteiger partial charge in [0.1, 0.15) is 12.4 Å². The average molecular weight is 423 g/mol. The first-order valence-corrected chi connectivity index (χ1v) is 10.2. The number of nitrogens with zero attached hydrogens (tertiary/aromatic N) is 1. The Labute approximate surface area is 176 Å². The van der Waals surface area contributed by atoms with Gasteiger partial charge in [0.2, 0.25) is 5.91 Å². The summed E-state index contributed by atoms with van der Waals surface area (Å²) in [7, 11) is 0. The molecule has 0 spiro atoms. The van der Waals surface area contributed by atoms with Crippen LogP contribution in [0.25, 0.3) is 17.0 Å². The molecular weight excluding hydrogens is 405 g/mol. The van der Waals surface area contributed by atoms with Crippen LogP contribution in [0.2, 0.25) is 0 Å². The van der Waals surface area contributed by atoms with Gasteiger partial charge >= 0.3 is 0 Å². The Morgan fingerprint density at radius 1 is 1.13 bits per heavy atom. The van der Waals surface area contributed by atoms with Crippen LogP contribution in [-0.4, -0.2) is 40.0 Å². The second-order valence-electron chi connectivity index (χ2n) is 6.75. The first-order chi connectivity index (χ1) is 14.5. The van der Waals surface area contributed by atoms with E-state index >= 15 is 0 Å². The summed E-state index contributed by atoms with van der Waals surface area (Å²) in [6, 6.07) is 13.9. The van der Waals surface area contributed by atoms with Gasteiger partial charge in [-0.1, -0.05) is 36.4 Å². The Balaban J connectivity index is 1.34. The lowest BCUT2D eigenvalue weighted by Crippen LogP contribution is -2.40. The summed E-state index contributed by atoms with van der Waals surface area (Å²) in [4.78, 5) is 41.0. The number of benzene rings is 2. The number of aromatic amines is 1. The van der Waals surface area contributed by atoms with Gasteiger partial charge < -0.3 is 10.3 Å². The van der Waals surface area contributed by atoms with Gasteiger partial charge in [-0.3, -0.25) is 19.3 Å². The van der Waals surface area contributed by atoms with Crippen LogP contribution in [0.1, 0.15) is 11.1 Å². The van der Waals surface area contributed by atoms with E-state index in [4.69, 9.17) is 0 Å². The molecule has 1 aromatic heterocycles. The Kier molecular flexibility index (Phi) is 5.67. The number of aromatic nitrogens is 1. The Morgan fingerprint density at radius 3 is 2.73 bits per heavy atom. The molecule has 2 heterocycles. The molecule has 1 saturated heterocycles. The number of amides is 3. The van der Waals surface area contributed by atoms with E-state index in [1.165, 1.54) is 18.2 Å². The van der Waals surface area contributed by atoms with E-state index < -0.39 is 22.9 Å². The Morgan fingerprint density at radius 2 is 1.90 bits per heavy atom. The van der Waals surface area contributed by atoms with Crippen LogP contribution in [0.5, 0.6) is 0 Å². The van der Waals surface area contributed by atoms with E-state index in [1.54, 1.807) is 12.1 Å². The number of H-pyrrole nitrogens is 1. The van der Waals surface area contributed by atoms with Crippen molar-refractivity contribution in [1.82, 2.24) is 15.2 Å². The van der Waals surface area contributed by atoms with Crippen molar-refractivity contribution >= 4 is 45.8 Å². The van der Waals surface area contributed by atoms with E-state index in [9.17, 15) is 18.8 Å². The summed E-state index contributed by atoms with van der Waals surface area (Å²) in [5.74, 6) is -1.51. The highest BCUT2D eigenvalue weighted by atomic mass is 32.2. The highest BCUT2D eigenvalue weighted by Gasteiger charge is 2.36. The number of carbonyl (C=O) groups is 3. The standard InChI is InChI=1S/C22H18FN3O3S/c23-17-7-3-1-5-14(17)11-19-21(28)26(22(29)30-19)13-20(27)24-10-9-15-12-25-18-8-4-2-6-16(15)18/h1-8,11-12,25H,9-10,13H2,(H,24,27). The smallest absolute Gasteiger partial charge is 0.294 e. The largest absolute Gasteiger partial charge is 0.361 e. The molecule has 0 bridgehead atoms. The molecule has 8 heteroatoms. The molecule has 0 unspecified atom stereocenters. The molecule has 1 fully saturated rings. The first-order valence-electron chi connectivity index (χ1n) is 9.34. The molecule has 152 valence electrons. The fourth-order valence-corrected chi connectivity index (χ4v) is 4.07. The van der Waals surface area contributed by atoms with Gasteiger partial charge in [-0.15, -0.1) is 0 Å². The lowest BCUT2D eigenvalue weighted by molar-refractivity contribution is -0.129. The van der Waals surface area contributed by atoms with Crippen LogP contribution in [0.3, 0.4) is 0 Å². The molecule has 3 aromatic rings. The summed E-state index contributed by atoms with van der Waals surface area (Å²) in [5.41, 5.74) is 2.31. The number of halogens is 1. The van der Waals surface area contributed by atoms with Crippen LogP contribution in [-0.2, 0) is 16.0 Å². The number of hydrogen-bond acceptors (Lipinski definition) is 4. The zero-order valence-corrected chi connectivity index (χ0v) is 16.7. The summed E-state index contributed by atoms with van der Waals surface area (Å²) in [5, 5.41) is 3.29. The topological polar surface area (TPSA) is 82.3 Å². The quantitative estimate of drug-likeness (QED) is 0.593. The molecule has 1 aliphatic rings. The monoisotopic (exact) mass is 423 g/mol. The zero-order chi connectivity index (χ0) is 21.1. The summed E-state index contributed by atoms with van der Waals surface area (Å²) < 4.78 is 13.8. The van der Waals surface area contributed by atoms with Gasteiger partial charge in [0.15, 0.2) is 0 Å². The van der Waals surface area contributed by atoms with Crippen molar-refractivity contribution in [1.29, 1.82) is 0 Å². The number of thioether (sulfide) groups is 1. The van der Waals surface area contributed by atoms with Crippen molar-refractivity contribution in [2.24, 2.45) is 0 Å². The van der Waals surface area contributed by atoms with Gasteiger partial charge in [-0.25, -0.2) is 4.39 Å². The number of imide groups is 1. The van der Waals surface area contributed by atoms with Gasteiger partial charge in [0.05, 0.1) is 4.91 Å². The number of hydrogen-bond donors (Lipinski definition) is 2. The van der Waals surface area contributed by atoms with Crippen LogP contribution in [0.4, 0.5) is 9.18 Å². The highest BCUT2D eigenvalue weighted by Crippen LogP contribution is 2.32. The van der Waals surface area contributed by atoms with Crippen LogP contribution < -0.4 is 5.32 Å². The maximum atomic E-state index is 13.8. The highest BCUT2D eigenvalue weighted by molar-refractivity contribution is 8.18. The number of para-hydroxylation sites is 1. The fraction of sp³-hybridized carbons (Fsp3) is 0.136. The third-order valence-electron chi connectivity index (χ3n) is 4.76. The minimum atomic E-state index is -0.597. The Bertz CT molecular complexity index is 1170. The van der Waals surface area contributed by atoms with Gasteiger partial charge in [-0.05, 0) is 42.0 Å². The number of nitrogens with one attached hydrogen (secondary N) is 2. The summed E-state index contributed by atoms with van der Waals surface area (Å²) in [6.45, 7) is 0.00906. The van der Waals surface area contributed by atoms with Crippen molar-refractivity contribution in [3.05, 3.63) is 76.6 Å². The Hall–Kier alpha value is -3.39. The van der Waals surface area contributed by atoms with E-state index in [0.717, 1.165) is 21.4 Å². The molecule has 0 aliphatic carbocycles. The third-order valence-corrected chi connectivity index (χ3v) is 5.67. The zero-order valence-electron chi connectivity index (χ0n) is 15.9. The molecule has 2 N–H and O–H groups in total. The van der Waals surface area contributed by atoms with E-state index in [1.807, 2.05) is 30.5 Å². The van der Waals surface area contributed by atoms with Gasteiger partial charge in [0, 0.05) is 29.2 Å². The average Bonchev–Trinajstić information content (AvgIpc) is 3.26. The fourth-order valence-electron chi connectivity index (χ4n) is 3.24. The second kappa shape index (κ2) is 8.54. The van der Waals surface area contributed by atoms with Crippen molar-refractivity contribution < 1.29 is 18.8 Å². The molecule has 0 radical (unpaired) electrons. The van der Waals surface area contributed by atoms with Crippen molar-refractivity contribution in [3.8, 4) is 0 Å². The molecule has 3 amide bonds. The molecule has 30 heavy (non-hydrogen) atoms. The predicted molar refractivity (Wildman–Crippen MR) is 114 cm³/mol. The van der Waals surface area contributed by atoms with Crippen molar-refractivity contribution in [2.75, 3.05) is 13.1 Å². The minimum absolute atomic E-state index is 0.0942. The predicted octanol–water partition coefficient (Wildman–Crippen LogP) is 3.70. The lowest BCUT2D eigenvalue weighted by Gasteiger charge is -2.12. The second-order valence-corrected chi connectivity index (χ2v) is 7.74. The normalized spacial score (nSPS) is 15.4. The van der Waals surface area contributed by atoms with Crippen LogP contribution >= 0.6 is 11.8 Å². The number of rotatable bonds is 6. The van der Waals surface area contributed by atoms with Gasteiger partial charge in [0.25, 0.3) is 11.1 Å². The molecule has 0 saturated carbocycles. The lowest BCUT2D eigenvalue weighted by atomic mass is 10.1. The molecule has 1 aliphatic heterocycles. The SMILES string of the molecule is O=C(CN1C(=O)SC(=Cc2ccccc2F)C1=O)NCCc1c[nH]c2ccccc12. The summed E-state index contributed by atoms with van der Waals surface area (Å²) in [6.07, 6.45) is 3.85.